The largest absolute Gasteiger partial charge is 0.490 e. The van der Waals surface area contributed by atoms with Crippen LogP contribution in [-0.4, -0.2) is 24.6 Å². The molecule has 10 heteroatoms. The van der Waals surface area contributed by atoms with E-state index in [-0.39, 0.29) is 17.2 Å². The van der Waals surface area contributed by atoms with Crippen LogP contribution in [0.15, 0.2) is 69.2 Å². The second kappa shape index (κ2) is 9.94. The number of ether oxygens (including phenoxy) is 1. The van der Waals surface area contributed by atoms with E-state index >= 15 is 0 Å². The van der Waals surface area contributed by atoms with E-state index in [0.717, 1.165) is 12.8 Å². The predicted molar refractivity (Wildman–Crippen MR) is 125 cm³/mol. The number of nitrogens with one attached hydrogen (secondary N) is 2. The van der Waals surface area contributed by atoms with Gasteiger partial charge in [0.1, 0.15) is 0 Å². The third-order valence-electron chi connectivity index (χ3n) is 5.72. The molecule has 3 aromatic rings. The van der Waals surface area contributed by atoms with Crippen LogP contribution in [0, 0.1) is 11.7 Å². The highest BCUT2D eigenvalue weighted by molar-refractivity contribution is 7.89. The Morgan fingerprint density at radius 2 is 1.88 bits per heavy atom. The lowest BCUT2D eigenvalue weighted by Crippen LogP contribution is -2.29. The van der Waals surface area contributed by atoms with Crippen molar-refractivity contribution in [3.05, 3.63) is 92.5 Å². The summed E-state index contributed by atoms with van der Waals surface area (Å²) in [7, 11) is -3.86. The first-order chi connectivity index (χ1) is 16.2. The molecule has 1 atom stereocenters. The smallest absolute Gasteiger partial charge is 0.328 e. The number of H-pyrrole nitrogens is 1. The molecule has 8 nitrogen and oxygen atoms in total. The second-order valence-electron chi connectivity index (χ2n) is 8.41. The Hall–Kier alpha value is -3.24. The van der Waals surface area contributed by atoms with Crippen molar-refractivity contribution in [2.75, 3.05) is 6.61 Å². The maximum Gasteiger partial charge on any atom is 0.328 e. The fraction of sp³-hybridized carbons (Fsp3) is 0.333. The molecule has 0 saturated heterocycles. The van der Waals surface area contributed by atoms with Gasteiger partial charge < -0.3 is 4.74 Å². The molecular formula is C24H26FN3O5S. The Bertz CT molecular complexity index is 1380. The molecule has 1 aliphatic carbocycles. The van der Waals surface area contributed by atoms with Gasteiger partial charge in [-0.15, -0.1) is 0 Å². The van der Waals surface area contributed by atoms with E-state index in [1.54, 1.807) is 24.3 Å². The molecule has 1 aromatic heterocycles. The Balaban J connectivity index is 1.48. The third kappa shape index (κ3) is 5.81. The molecule has 1 fully saturated rings. The van der Waals surface area contributed by atoms with Crippen molar-refractivity contribution in [3.63, 3.8) is 0 Å². The van der Waals surface area contributed by atoms with Crippen LogP contribution in [0.25, 0.3) is 0 Å². The zero-order chi connectivity index (χ0) is 24.3. The molecule has 1 aliphatic rings. The topological polar surface area (TPSA) is 110 Å². The molecular weight excluding hydrogens is 461 g/mol. The van der Waals surface area contributed by atoms with Gasteiger partial charge in [0.15, 0.2) is 11.6 Å². The minimum absolute atomic E-state index is 0.0656. The summed E-state index contributed by atoms with van der Waals surface area (Å²) in [5.41, 5.74) is 0.280. The summed E-state index contributed by atoms with van der Waals surface area (Å²) < 4.78 is 49.7. The maximum atomic E-state index is 14.1. The molecule has 0 unspecified atom stereocenters. The van der Waals surface area contributed by atoms with E-state index in [0.29, 0.717) is 30.1 Å². The van der Waals surface area contributed by atoms with Gasteiger partial charge in [0, 0.05) is 18.3 Å². The molecule has 0 amide bonds. The highest BCUT2D eigenvalue weighted by Crippen LogP contribution is 2.31. The van der Waals surface area contributed by atoms with E-state index in [2.05, 4.69) is 9.71 Å². The number of halogens is 1. The van der Waals surface area contributed by atoms with E-state index in [4.69, 9.17) is 4.74 Å². The van der Waals surface area contributed by atoms with Crippen LogP contribution in [0.3, 0.4) is 0 Å². The first kappa shape index (κ1) is 23.9. The fourth-order valence-electron chi connectivity index (χ4n) is 3.52. The first-order valence-electron chi connectivity index (χ1n) is 11.1. The van der Waals surface area contributed by atoms with Crippen LogP contribution in [0.1, 0.15) is 43.4 Å². The van der Waals surface area contributed by atoms with Crippen molar-refractivity contribution in [3.8, 4) is 5.75 Å². The van der Waals surface area contributed by atoms with Gasteiger partial charge in [-0.05, 0) is 60.6 Å². The van der Waals surface area contributed by atoms with Crippen molar-refractivity contribution in [2.24, 2.45) is 5.92 Å². The van der Waals surface area contributed by atoms with Crippen LogP contribution in [0.2, 0.25) is 0 Å². The minimum atomic E-state index is -3.86. The van der Waals surface area contributed by atoms with Gasteiger partial charge in [0.05, 0.1) is 18.0 Å². The van der Waals surface area contributed by atoms with E-state index in [9.17, 15) is 22.4 Å². The number of hydrogen-bond acceptors (Lipinski definition) is 5. The average Bonchev–Trinajstić information content (AvgIpc) is 3.64. The first-order valence-corrected chi connectivity index (χ1v) is 12.6. The number of aromatic amines is 1. The lowest BCUT2D eigenvalue weighted by molar-refractivity contribution is 0.284. The number of aromatic nitrogens is 2. The van der Waals surface area contributed by atoms with E-state index < -0.39 is 33.1 Å². The van der Waals surface area contributed by atoms with Gasteiger partial charge in [-0.2, -0.15) is 0 Å². The second-order valence-corrected chi connectivity index (χ2v) is 10.1. The minimum Gasteiger partial charge on any atom is -0.490 e. The molecule has 0 radical (unpaired) electrons. The Labute approximate surface area is 196 Å². The molecule has 2 aromatic carbocycles. The van der Waals surface area contributed by atoms with Gasteiger partial charge in [0.2, 0.25) is 10.0 Å². The molecule has 2 N–H and O–H groups in total. The van der Waals surface area contributed by atoms with Crippen molar-refractivity contribution in [1.29, 1.82) is 0 Å². The number of sulfonamides is 1. The molecule has 34 heavy (non-hydrogen) atoms. The quantitative estimate of drug-likeness (QED) is 0.457. The number of rotatable bonds is 10. The zero-order valence-electron chi connectivity index (χ0n) is 18.7. The molecule has 1 saturated carbocycles. The Kier molecular flexibility index (Phi) is 6.99. The number of benzene rings is 2. The molecule has 180 valence electrons. The SMILES string of the molecule is CC[C@@H](NS(=O)(=O)c1ccc(Cn2ccc(=O)[nH]c2=O)cc1)c1ccc(F)c(OCC2CC2)c1. The fourth-order valence-corrected chi connectivity index (χ4v) is 4.83. The van der Waals surface area contributed by atoms with Crippen LogP contribution in [-0.2, 0) is 16.6 Å². The summed E-state index contributed by atoms with van der Waals surface area (Å²) in [5, 5.41) is 0. The zero-order valence-corrected chi connectivity index (χ0v) is 19.5. The summed E-state index contributed by atoms with van der Waals surface area (Å²) >= 11 is 0. The van der Waals surface area contributed by atoms with Crippen molar-refractivity contribution in [1.82, 2.24) is 14.3 Å². The van der Waals surface area contributed by atoms with Crippen LogP contribution in [0.5, 0.6) is 5.75 Å². The number of nitrogens with zero attached hydrogens (tertiary/aromatic N) is 1. The van der Waals surface area contributed by atoms with Gasteiger partial charge in [-0.1, -0.05) is 25.1 Å². The predicted octanol–water partition coefficient (Wildman–Crippen LogP) is 2.94. The Morgan fingerprint density at radius 1 is 1.15 bits per heavy atom. The standard InChI is InChI=1S/C24H26FN3O5S/c1-2-21(18-7-10-20(25)22(13-18)33-15-17-3-4-17)27-34(31,32)19-8-5-16(6-9-19)14-28-12-11-23(29)26-24(28)30/h5-13,17,21,27H,2-4,14-15H2,1H3,(H,26,29,30)/t21-/m1/s1. The molecule has 0 bridgehead atoms. The van der Waals surface area contributed by atoms with Crippen LogP contribution in [0.4, 0.5) is 4.39 Å². The highest BCUT2D eigenvalue weighted by atomic mass is 32.2. The van der Waals surface area contributed by atoms with Gasteiger partial charge >= 0.3 is 5.69 Å². The van der Waals surface area contributed by atoms with Crippen molar-refractivity contribution >= 4 is 10.0 Å². The molecule has 0 spiro atoms. The molecule has 0 aliphatic heterocycles. The summed E-state index contributed by atoms with van der Waals surface area (Å²) in [4.78, 5) is 25.3. The monoisotopic (exact) mass is 487 g/mol. The maximum absolute atomic E-state index is 14.1. The van der Waals surface area contributed by atoms with Crippen molar-refractivity contribution in [2.45, 2.75) is 43.7 Å². The third-order valence-corrected chi connectivity index (χ3v) is 7.21. The normalized spacial score (nSPS) is 14.6. The Morgan fingerprint density at radius 3 is 2.53 bits per heavy atom. The van der Waals surface area contributed by atoms with Gasteiger partial charge in [-0.3, -0.25) is 14.3 Å². The van der Waals surface area contributed by atoms with Gasteiger partial charge in [-0.25, -0.2) is 22.3 Å². The summed E-state index contributed by atoms with van der Waals surface area (Å²) in [6, 6.07) is 11.2. The van der Waals surface area contributed by atoms with E-state index in [1.165, 1.54) is 35.0 Å². The number of hydrogen-bond donors (Lipinski definition) is 2. The van der Waals surface area contributed by atoms with Crippen molar-refractivity contribution < 1.29 is 17.5 Å². The lowest BCUT2D eigenvalue weighted by atomic mass is 10.1. The average molecular weight is 488 g/mol. The van der Waals surface area contributed by atoms with Crippen LogP contribution >= 0.6 is 0 Å². The van der Waals surface area contributed by atoms with Gasteiger partial charge in [0.25, 0.3) is 5.56 Å². The van der Waals surface area contributed by atoms with Crippen LogP contribution < -0.4 is 20.7 Å². The van der Waals surface area contributed by atoms with E-state index in [1.807, 2.05) is 6.92 Å². The molecule has 4 rings (SSSR count). The summed E-state index contributed by atoms with van der Waals surface area (Å²) in [6.07, 6.45) is 4.00. The summed E-state index contributed by atoms with van der Waals surface area (Å²) in [5.74, 6) is 0.123. The summed E-state index contributed by atoms with van der Waals surface area (Å²) in [6.45, 7) is 2.48. The molecule has 1 heterocycles. The lowest BCUT2D eigenvalue weighted by Gasteiger charge is -2.19. The highest BCUT2D eigenvalue weighted by Gasteiger charge is 2.24.